The maximum Gasteiger partial charge on any atom is 0.123 e. The molecule has 1 heterocycles. The Balaban J connectivity index is 1.99. The predicted molar refractivity (Wildman–Crippen MR) is 77.8 cm³/mol. The van der Waals surface area contributed by atoms with E-state index in [9.17, 15) is 4.39 Å². The molecule has 1 atom stereocenters. The van der Waals surface area contributed by atoms with Gasteiger partial charge >= 0.3 is 0 Å². The number of aryl methyl sites for hydroxylation is 2. The standard InChI is InChI=1S/C15H17FN2S/c1-10-7-11(2)18-15(8-10)19-9-14(17)12-3-5-13(16)6-4-12/h3-8,14H,9,17H2,1-2H3. The summed E-state index contributed by atoms with van der Waals surface area (Å²) in [5.74, 6) is 0.487. The predicted octanol–water partition coefficient (Wildman–Crippen LogP) is 3.63. The van der Waals surface area contributed by atoms with Crippen LogP contribution >= 0.6 is 11.8 Å². The monoisotopic (exact) mass is 276 g/mol. The van der Waals surface area contributed by atoms with Gasteiger partial charge in [-0.3, -0.25) is 0 Å². The third-order valence-electron chi connectivity index (χ3n) is 2.78. The molecular weight excluding hydrogens is 259 g/mol. The zero-order chi connectivity index (χ0) is 13.8. The summed E-state index contributed by atoms with van der Waals surface area (Å²) in [5, 5.41) is 0.982. The number of hydrogen-bond acceptors (Lipinski definition) is 3. The maximum atomic E-state index is 12.8. The highest BCUT2D eigenvalue weighted by Gasteiger charge is 2.08. The van der Waals surface area contributed by atoms with Gasteiger partial charge in [-0.25, -0.2) is 9.37 Å². The fourth-order valence-corrected chi connectivity index (χ4v) is 2.88. The summed E-state index contributed by atoms with van der Waals surface area (Å²) >= 11 is 1.63. The molecule has 0 saturated carbocycles. The van der Waals surface area contributed by atoms with Crippen LogP contribution in [0, 0.1) is 19.7 Å². The third kappa shape index (κ3) is 4.04. The molecule has 2 rings (SSSR count). The van der Waals surface area contributed by atoms with Crippen LogP contribution in [0.3, 0.4) is 0 Å². The van der Waals surface area contributed by atoms with Gasteiger partial charge in [-0.1, -0.05) is 12.1 Å². The van der Waals surface area contributed by atoms with Crippen molar-refractivity contribution in [3.05, 3.63) is 59.0 Å². The van der Waals surface area contributed by atoms with E-state index >= 15 is 0 Å². The molecule has 2 aromatic rings. The minimum atomic E-state index is -0.237. The van der Waals surface area contributed by atoms with Crippen LogP contribution in [0.2, 0.25) is 0 Å². The highest BCUT2D eigenvalue weighted by Crippen LogP contribution is 2.23. The smallest absolute Gasteiger partial charge is 0.123 e. The summed E-state index contributed by atoms with van der Waals surface area (Å²) in [7, 11) is 0. The van der Waals surface area contributed by atoms with Gasteiger partial charge in [-0.15, -0.1) is 11.8 Å². The van der Waals surface area contributed by atoms with Gasteiger partial charge < -0.3 is 5.73 Å². The van der Waals surface area contributed by atoms with Crippen LogP contribution in [-0.4, -0.2) is 10.7 Å². The van der Waals surface area contributed by atoms with Gasteiger partial charge in [0.2, 0.25) is 0 Å². The van der Waals surface area contributed by atoms with Crippen LogP contribution in [0.25, 0.3) is 0 Å². The van der Waals surface area contributed by atoms with Gasteiger partial charge in [-0.05, 0) is 49.2 Å². The van der Waals surface area contributed by atoms with E-state index in [4.69, 9.17) is 5.73 Å². The second kappa shape index (κ2) is 6.17. The first kappa shape index (κ1) is 14.0. The van der Waals surface area contributed by atoms with E-state index in [-0.39, 0.29) is 11.9 Å². The molecule has 4 heteroatoms. The zero-order valence-corrected chi connectivity index (χ0v) is 11.9. The first-order valence-corrected chi connectivity index (χ1v) is 7.12. The molecule has 1 aromatic carbocycles. The average Bonchev–Trinajstić information content (AvgIpc) is 2.36. The highest BCUT2D eigenvalue weighted by molar-refractivity contribution is 7.99. The van der Waals surface area contributed by atoms with E-state index in [0.717, 1.165) is 22.0 Å². The Kier molecular flexibility index (Phi) is 4.56. The summed E-state index contributed by atoms with van der Waals surface area (Å²) in [6.07, 6.45) is 0. The Morgan fingerprint density at radius 3 is 2.53 bits per heavy atom. The summed E-state index contributed by atoms with van der Waals surface area (Å²) < 4.78 is 12.8. The van der Waals surface area contributed by atoms with Crippen molar-refractivity contribution in [3.63, 3.8) is 0 Å². The molecule has 0 aliphatic rings. The lowest BCUT2D eigenvalue weighted by Gasteiger charge is -2.11. The lowest BCUT2D eigenvalue weighted by molar-refractivity contribution is 0.626. The number of benzene rings is 1. The van der Waals surface area contributed by atoms with Crippen molar-refractivity contribution < 1.29 is 4.39 Å². The average molecular weight is 276 g/mol. The minimum absolute atomic E-state index is 0.117. The minimum Gasteiger partial charge on any atom is -0.323 e. The fraction of sp³-hybridized carbons (Fsp3) is 0.267. The molecule has 1 unspecified atom stereocenters. The van der Waals surface area contributed by atoms with Crippen molar-refractivity contribution in [2.45, 2.75) is 24.9 Å². The molecule has 0 spiro atoms. The van der Waals surface area contributed by atoms with E-state index < -0.39 is 0 Å². The van der Waals surface area contributed by atoms with Gasteiger partial charge in [0.05, 0.1) is 5.03 Å². The topological polar surface area (TPSA) is 38.9 Å². The fourth-order valence-electron chi connectivity index (χ4n) is 1.86. The molecule has 0 radical (unpaired) electrons. The second-order valence-electron chi connectivity index (χ2n) is 4.59. The van der Waals surface area contributed by atoms with Crippen LogP contribution in [0.5, 0.6) is 0 Å². The largest absolute Gasteiger partial charge is 0.323 e. The normalized spacial score (nSPS) is 12.4. The Morgan fingerprint density at radius 2 is 1.89 bits per heavy atom. The molecule has 0 bridgehead atoms. The summed E-state index contributed by atoms with van der Waals surface area (Å²) in [4.78, 5) is 4.46. The molecule has 19 heavy (non-hydrogen) atoms. The van der Waals surface area contributed by atoms with E-state index in [1.54, 1.807) is 23.9 Å². The van der Waals surface area contributed by atoms with Crippen LogP contribution in [0.4, 0.5) is 4.39 Å². The SMILES string of the molecule is Cc1cc(C)nc(SCC(N)c2ccc(F)cc2)c1. The number of pyridine rings is 1. The van der Waals surface area contributed by atoms with E-state index in [2.05, 4.69) is 18.0 Å². The number of thioether (sulfide) groups is 1. The van der Waals surface area contributed by atoms with Crippen molar-refractivity contribution in [1.29, 1.82) is 0 Å². The summed E-state index contributed by atoms with van der Waals surface area (Å²) in [6.45, 7) is 4.04. The van der Waals surface area contributed by atoms with Gasteiger partial charge in [0.25, 0.3) is 0 Å². The molecule has 2 nitrogen and oxygen atoms in total. The molecule has 100 valence electrons. The van der Waals surface area contributed by atoms with Crippen molar-refractivity contribution in [3.8, 4) is 0 Å². The number of rotatable bonds is 4. The van der Waals surface area contributed by atoms with Crippen LogP contribution in [0.15, 0.2) is 41.4 Å². The number of aromatic nitrogens is 1. The Bertz CT molecular complexity index is 534. The highest BCUT2D eigenvalue weighted by atomic mass is 32.2. The van der Waals surface area contributed by atoms with E-state index in [0.29, 0.717) is 0 Å². The van der Waals surface area contributed by atoms with Crippen molar-refractivity contribution >= 4 is 11.8 Å². The molecule has 0 aliphatic carbocycles. The van der Waals surface area contributed by atoms with Crippen molar-refractivity contribution in [2.75, 3.05) is 5.75 Å². The lowest BCUT2D eigenvalue weighted by Crippen LogP contribution is -2.13. The first-order chi connectivity index (χ1) is 9.04. The van der Waals surface area contributed by atoms with Crippen LogP contribution in [0.1, 0.15) is 22.9 Å². The van der Waals surface area contributed by atoms with Gasteiger partial charge in [0.15, 0.2) is 0 Å². The van der Waals surface area contributed by atoms with Gasteiger partial charge in [0, 0.05) is 17.5 Å². The molecule has 0 fully saturated rings. The molecule has 2 N–H and O–H groups in total. The summed E-state index contributed by atoms with van der Waals surface area (Å²) in [6, 6.07) is 10.3. The van der Waals surface area contributed by atoms with Gasteiger partial charge in [0.1, 0.15) is 5.82 Å². The van der Waals surface area contributed by atoms with Crippen molar-refractivity contribution in [2.24, 2.45) is 5.73 Å². The quantitative estimate of drug-likeness (QED) is 0.867. The van der Waals surface area contributed by atoms with Crippen molar-refractivity contribution in [1.82, 2.24) is 4.98 Å². The Morgan fingerprint density at radius 1 is 1.21 bits per heavy atom. The Labute approximate surface area is 117 Å². The lowest BCUT2D eigenvalue weighted by atomic mass is 10.1. The number of nitrogens with zero attached hydrogens (tertiary/aromatic N) is 1. The molecular formula is C15H17FN2S. The molecule has 0 aliphatic heterocycles. The zero-order valence-electron chi connectivity index (χ0n) is 11.1. The Hall–Kier alpha value is -1.39. The molecule has 0 amide bonds. The molecule has 1 aromatic heterocycles. The maximum absolute atomic E-state index is 12.8. The van der Waals surface area contributed by atoms with Crippen LogP contribution < -0.4 is 5.73 Å². The van der Waals surface area contributed by atoms with Crippen LogP contribution in [-0.2, 0) is 0 Å². The first-order valence-electron chi connectivity index (χ1n) is 6.14. The third-order valence-corrected chi connectivity index (χ3v) is 3.81. The van der Waals surface area contributed by atoms with E-state index in [1.807, 2.05) is 13.0 Å². The number of nitrogens with two attached hydrogens (primary N) is 1. The summed E-state index contributed by atoms with van der Waals surface area (Å²) in [5.41, 5.74) is 9.25. The van der Waals surface area contributed by atoms with Gasteiger partial charge in [-0.2, -0.15) is 0 Å². The second-order valence-corrected chi connectivity index (χ2v) is 5.63. The number of halogens is 1. The number of hydrogen-bond donors (Lipinski definition) is 1. The van der Waals surface area contributed by atoms with E-state index in [1.165, 1.54) is 17.7 Å². The molecule has 0 saturated heterocycles.